The highest BCUT2D eigenvalue weighted by atomic mass is 32.1. The average Bonchev–Trinajstić information content (AvgIpc) is 3.48. The van der Waals surface area contributed by atoms with Crippen molar-refractivity contribution in [1.29, 1.82) is 0 Å². The second kappa shape index (κ2) is 9.85. The Hall–Kier alpha value is -3.14. The van der Waals surface area contributed by atoms with Crippen molar-refractivity contribution < 1.29 is 9.90 Å². The van der Waals surface area contributed by atoms with E-state index < -0.39 is 6.23 Å². The van der Waals surface area contributed by atoms with Crippen LogP contribution in [0.3, 0.4) is 0 Å². The third kappa shape index (κ3) is 4.98. The number of hydrogen-bond acceptors (Lipinski definition) is 8. The summed E-state index contributed by atoms with van der Waals surface area (Å²) in [6.45, 7) is 6.62. The van der Waals surface area contributed by atoms with Gasteiger partial charge in [-0.3, -0.25) is 15.1 Å². The fourth-order valence-electron chi connectivity index (χ4n) is 4.20. The Morgan fingerprint density at radius 2 is 2.14 bits per heavy atom. The van der Waals surface area contributed by atoms with Crippen LogP contribution in [0.5, 0.6) is 0 Å². The van der Waals surface area contributed by atoms with Crippen molar-refractivity contribution in [3.63, 3.8) is 0 Å². The van der Waals surface area contributed by atoms with Gasteiger partial charge in [-0.2, -0.15) is 0 Å². The zero-order valence-corrected chi connectivity index (χ0v) is 21.5. The fourth-order valence-corrected chi connectivity index (χ4v) is 5.88. The van der Waals surface area contributed by atoms with E-state index in [4.69, 9.17) is 0 Å². The van der Waals surface area contributed by atoms with E-state index in [-0.39, 0.29) is 11.8 Å². The van der Waals surface area contributed by atoms with Gasteiger partial charge in [0.05, 0.1) is 16.4 Å². The van der Waals surface area contributed by atoms with Crippen LogP contribution >= 0.6 is 22.7 Å². The first-order valence-electron chi connectivity index (χ1n) is 11.6. The highest BCUT2D eigenvalue weighted by Gasteiger charge is 2.25. The molecule has 1 unspecified atom stereocenters. The Balaban J connectivity index is 1.34. The predicted molar refractivity (Wildman–Crippen MR) is 141 cm³/mol. The largest absolute Gasteiger partial charge is 0.374 e. The summed E-state index contributed by atoms with van der Waals surface area (Å²) in [6, 6.07) is 10.1. The summed E-state index contributed by atoms with van der Waals surface area (Å²) in [7, 11) is 0. The van der Waals surface area contributed by atoms with Gasteiger partial charge >= 0.3 is 0 Å². The first kappa shape index (κ1) is 23.6. The Bertz CT molecular complexity index is 1350. The minimum absolute atomic E-state index is 0.168. The topological polar surface area (TPSA) is 91.2 Å². The Kier molecular flexibility index (Phi) is 6.64. The van der Waals surface area contributed by atoms with Gasteiger partial charge in [-0.05, 0) is 49.1 Å². The highest BCUT2D eigenvalue weighted by Crippen LogP contribution is 2.35. The molecule has 1 amide bonds. The molecule has 35 heavy (non-hydrogen) atoms. The fraction of sp³-hybridized carbons (Fsp3) is 0.308. The molecule has 0 saturated heterocycles. The molecule has 0 radical (unpaired) electrons. The van der Waals surface area contributed by atoms with Gasteiger partial charge in [0.2, 0.25) is 0 Å². The lowest BCUT2D eigenvalue weighted by molar-refractivity contribution is 0.102. The quantitative estimate of drug-likeness (QED) is 0.354. The predicted octanol–water partition coefficient (Wildman–Crippen LogP) is 5.62. The van der Waals surface area contributed by atoms with Crippen molar-refractivity contribution >= 4 is 39.4 Å². The van der Waals surface area contributed by atoms with Crippen LogP contribution in [0.4, 0.5) is 10.8 Å². The minimum atomic E-state index is -0.527. The van der Waals surface area contributed by atoms with Crippen molar-refractivity contribution in [3.05, 3.63) is 74.8 Å². The molecule has 0 saturated carbocycles. The standard InChI is InChI=1S/C26H27N5O2S2/c1-15(2)25-28-16(3)23(35-25)24(33)30-26-29-20(14-34-26)18-6-8-21-19(11-18)7-9-22(32)31(21)13-17-5-4-10-27-12-17/h4-6,8,10-12,14-15,22,32H,7,9,13H2,1-3H3,(H,29,30,33). The lowest BCUT2D eigenvalue weighted by atomic mass is 9.97. The molecule has 0 spiro atoms. The van der Waals surface area contributed by atoms with Gasteiger partial charge in [0.1, 0.15) is 11.1 Å². The zero-order valence-electron chi connectivity index (χ0n) is 19.9. The maximum atomic E-state index is 12.8. The monoisotopic (exact) mass is 505 g/mol. The van der Waals surface area contributed by atoms with Crippen molar-refractivity contribution in [1.82, 2.24) is 15.0 Å². The molecule has 0 bridgehead atoms. The SMILES string of the molecule is Cc1nc(C(C)C)sc1C(=O)Nc1nc(-c2ccc3c(c2)CCC(O)N3Cc2cccnc2)cs1. The summed E-state index contributed by atoms with van der Waals surface area (Å²) in [5.74, 6) is 0.121. The number of thiazole rings is 2. The van der Waals surface area contributed by atoms with E-state index in [2.05, 4.69) is 46.2 Å². The number of fused-ring (bicyclic) bond motifs is 1. The zero-order chi connectivity index (χ0) is 24.5. The summed E-state index contributed by atoms with van der Waals surface area (Å²) < 4.78 is 0. The first-order valence-corrected chi connectivity index (χ1v) is 13.3. The van der Waals surface area contributed by atoms with E-state index in [1.165, 1.54) is 28.2 Å². The third-order valence-electron chi connectivity index (χ3n) is 6.03. The number of rotatable bonds is 6. The maximum Gasteiger partial charge on any atom is 0.269 e. The van der Waals surface area contributed by atoms with Crippen LogP contribution in [-0.2, 0) is 13.0 Å². The lowest BCUT2D eigenvalue weighted by Gasteiger charge is -2.36. The Morgan fingerprint density at radius 3 is 2.89 bits per heavy atom. The van der Waals surface area contributed by atoms with Crippen LogP contribution in [0.15, 0.2) is 48.1 Å². The molecule has 1 aromatic carbocycles. The normalized spacial score (nSPS) is 15.3. The number of pyridine rings is 1. The molecular weight excluding hydrogens is 478 g/mol. The van der Waals surface area contributed by atoms with Crippen molar-refractivity contribution in [2.75, 3.05) is 10.2 Å². The number of hydrogen-bond donors (Lipinski definition) is 2. The van der Waals surface area contributed by atoms with E-state index in [1.807, 2.05) is 41.6 Å². The number of aromatic nitrogens is 3. The molecule has 2 N–H and O–H groups in total. The summed E-state index contributed by atoms with van der Waals surface area (Å²) in [5, 5.41) is 17.1. The van der Waals surface area contributed by atoms with Crippen molar-refractivity contribution in [2.24, 2.45) is 0 Å². The molecule has 1 aliphatic heterocycles. The molecule has 5 rings (SSSR count). The van der Waals surface area contributed by atoms with Crippen LogP contribution in [0, 0.1) is 6.92 Å². The molecule has 1 aliphatic rings. The summed E-state index contributed by atoms with van der Waals surface area (Å²) in [6.07, 6.45) is 4.52. The van der Waals surface area contributed by atoms with Crippen LogP contribution in [-0.4, -0.2) is 32.2 Å². The van der Waals surface area contributed by atoms with Gasteiger partial charge in [0.15, 0.2) is 5.13 Å². The van der Waals surface area contributed by atoms with E-state index in [0.717, 1.165) is 39.6 Å². The third-order valence-corrected chi connectivity index (χ3v) is 8.24. The number of benzene rings is 1. The summed E-state index contributed by atoms with van der Waals surface area (Å²) in [5.41, 5.74) is 5.83. The van der Waals surface area contributed by atoms with Crippen LogP contribution < -0.4 is 10.2 Å². The number of carbonyl (C=O) groups is 1. The molecule has 7 nitrogen and oxygen atoms in total. The van der Waals surface area contributed by atoms with E-state index in [9.17, 15) is 9.90 Å². The number of aliphatic hydroxyl groups excluding tert-OH is 1. The first-order chi connectivity index (χ1) is 16.9. The molecular formula is C26H27N5O2S2. The van der Waals surface area contributed by atoms with Crippen molar-refractivity contribution in [3.8, 4) is 11.3 Å². The van der Waals surface area contributed by atoms with Gasteiger partial charge in [-0.1, -0.05) is 26.0 Å². The van der Waals surface area contributed by atoms with Crippen LogP contribution in [0.25, 0.3) is 11.3 Å². The molecule has 4 heterocycles. The number of amides is 1. The van der Waals surface area contributed by atoms with E-state index in [1.54, 1.807) is 6.20 Å². The molecule has 1 atom stereocenters. The van der Waals surface area contributed by atoms with Gasteiger partial charge in [-0.15, -0.1) is 22.7 Å². The Morgan fingerprint density at radius 1 is 1.29 bits per heavy atom. The minimum Gasteiger partial charge on any atom is -0.374 e. The van der Waals surface area contributed by atoms with Crippen LogP contribution in [0.2, 0.25) is 0 Å². The number of aliphatic hydroxyl groups is 1. The van der Waals surface area contributed by atoms with Crippen LogP contribution in [0.1, 0.15) is 57.7 Å². The molecule has 180 valence electrons. The van der Waals surface area contributed by atoms with Gasteiger partial charge in [-0.25, -0.2) is 9.97 Å². The number of aryl methyl sites for hydroxylation is 2. The summed E-state index contributed by atoms with van der Waals surface area (Å²) in [4.78, 5) is 28.9. The molecule has 0 aliphatic carbocycles. The molecule has 0 fully saturated rings. The Labute approximate surface area is 212 Å². The highest BCUT2D eigenvalue weighted by molar-refractivity contribution is 7.15. The van der Waals surface area contributed by atoms with E-state index in [0.29, 0.717) is 23.0 Å². The lowest BCUT2D eigenvalue weighted by Crippen LogP contribution is -2.38. The number of nitrogens with one attached hydrogen (secondary N) is 1. The maximum absolute atomic E-state index is 12.8. The van der Waals surface area contributed by atoms with Gasteiger partial charge in [0.25, 0.3) is 5.91 Å². The average molecular weight is 506 g/mol. The molecule has 9 heteroatoms. The van der Waals surface area contributed by atoms with Crippen molar-refractivity contribution in [2.45, 2.75) is 52.3 Å². The smallest absolute Gasteiger partial charge is 0.269 e. The molecule has 4 aromatic rings. The second-order valence-corrected chi connectivity index (χ2v) is 10.9. The number of nitrogens with zero attached hydrogens (tertiary/aromatic N) is 4. The number of carbonyl (C=O) groups excluding carboxylic acids is 1. The molecule has 3 aromatic heterocycles. The summed E-state index contributed by atoms with van der Waals surface area (Å²) >= 11 is 2.85. The second-order valence-electron chi connectivity index (χ2n) is 8.97. The van der Waals surface area contributed by atoms with E-state index >= 15 is 0 Å². The van der Waals surface area contributed by atoms with Gasteiger partial charge in [0, 0.05) is 41.5 Å². The van der Waals surface area contributed by atoms with Gasteiger partial charge < -0.3 is 10.0 Å². The number of anilines is 2.